The fourth-order valence-electron chi connectivity index (χ4n) is 2.26. The average molecular weight is 323 g/mol. The molecule has 1 N–H and O–H groups in total. The molecule has 19 heavy (non-hydrogen) atoms. The van der Waals surface area contributed by atoms with Crippen LogP contribution in [0.4, 0.5) is 0 Å². The van der Waals surface area contributed by atoms with Crippen LogP contribution in [0.15, 0.2) is 28.7 Å². The molecular formula is C15H19BrN2O. The zero-order valence-corrected chi connectivity index (χ0v) is 13.1. The normalized spacial score (nSPS) is 12.7. The van der Waals surface area contributed by atoms with Crippen molar-refractivity contribution in [3.63, 3.8) is 0 Å². The van der Waals surface area contributed by atoms with Gasteiger partial charge in [0.1, 0.15) is 0 Å². The number of aromatic nitrogens is 2. The third-order valence-corrected chi connectivity index (χ3v) is 3.92. The van der Waals surface area contributed by atoms with E-state index in [1.54, 1.807) is 0 Å². The summed E-state index contributed by atoms with van der Waals surface area (Å²) < 4.78 is 2.90. The Morgan fingerprint density at radius 1 is 1.32 bits per heavy atom. The summed E-state index contributed by atoms with van der Waals surface area (Å²) in [6.45, 7) is 6.89. The predicted octanol–water partition coefficient (Wildman–Crippen LogP) is 3.56. The summed E-state index contributed by atoms with van der Waals surface area (Å²) in [6.07, 6.45) is 0.0622. The molecule has 3 nitrogen and oxygen atoms in total. The molecule has 0 amide bonds. The molecule has 0 aliphatic rings. The van der Waals surface area contributed by atoms with Crippen molar-refractivity contribution in [3.8, 4) is 0 Å². The van der Waals surface area contributed by atoms with Crippen LogP contribution in [0.2, 0.25) is 0 Å². The lowest BCUT2D eigenvalue weighted by Gasteiger charge is -2.14. The predicted molar refractivity (Wildman–Crippen MR) is 80.2 cm³/mol. The molecule has 0 saturated carbocycles. The van der Waals surface area contributed by atoms with E-state index in [0.717, 1.165) is 33.5 Å². The first kappa shape index (κ1) is 14.3. The number of halogens is 1. The van der Waals surface area contributed by atoms with Crippen LogP contribution in [0, 0.1) is 13.8 Å². The maximum atomic E-state index is 10.4. The van der Waals surface area contributed by atoms with Crippen molar-refractivity contribution < 1.29 is 5.11 Å². The van der Waals surface area contributed by atoms with Crippen LogP contribution in [0.1, 0.15) is 35.5 Å². The van der Waals surface area contributed by atoms with E-state index in [0.29, 0.717) is 6.42 Å². The van der Waals surface area contributed by atoms with Crippen molar-refractivity contribution in [2.75, 3.05) is 0 Å². The van der Waals surface area contributed by atoms with Crippen LogP contribution in [0.5, 0.6) is 0 Å². The van der Waals surface area contributed by atoms with Gasteiger partial charge < -0.3 is 5.11 Å². The molecule has 1 aromatic carbocycles. The van der Waals surface area contributed by atoms with E-state index in [1.165, 1.54) is 0 Å². The highest BCUT2D eigenvalue weighted by Crippen LogP contribution is 2.27. The second-order valence-electron chi connectivity index (χ2n) is 4.84. The molecule has 0 aliphatic heterocycles. The van der Waals surface area contributed by atoms with E-state index in [4.69, 9.17) is 0 Å². The molecule has 1 heterocycles. The number of aliphatic hydroxyl groups excluding tert-OH is 1. The second kappa shape index (κ2) is 5.88. The molecule has 1 unspecified atom stereocenters. The molecule has 0 bridgehead atoms. The van der Waals surface area contributed by atoms with Crippen molar-refractivity contribution in [3.05, 3.63) is 51.3 Å². The Morgan fingerprint density at radius 3 is 2.74 bits per heavy atom. The van der Waals surface area contributed by atoms with E-state index in [9.17, 15) is 5.11 Å². The quantitative estimate of drug-likeness (QED) is 0.934. The zero-order valence-electron chi connectivity index (χ0n) is 11.5. The highest BCUT2D eigenvalue weighted by atomic mass is 79.9. The lowest BCUT2D eigenvalue weighted by Crippen LogP contribution is -2.09. The van der Waals surface area contributed by atoms with Gasteiger partial charge in [0.25, 0.3) is 0 Å². The van der Waals surface area contributed by atoms with E-state index in [1.807, 2.05) is 42.8 Å². The van der Waals surface area contributed by atoms with Gasteiger partial charge in [0.2, 0.25) is 0 Å². The number of rotatable bonds is 4. The van der Waals surface area contributed by atoms with Gasteiger partial charge in [-0.1, -0.05) is 33.6 Å². The maximum absolute atomic E-state index is 10.4. The Kier molecular flexibility index (Phi) is 4.42. The highest BCUT2D eigenvalue weighted by molar-refractivity contribution is 9.10. The largest absolute Gasteiger partial charge is 0.388 e. The first-order valence-corrected chi connectivity index (χ1v) is 7.28. The minimum atomic E-state index is -0.518. The Balaban J connectivity index is 2.25. The lowest BCUT2D eigenvalue weighted by atomic mass is 10.0. The molecule has 2 rings (SSSR count). The van der Waals surface area contributed by atoms with Crippen LogP contribution >= 0.6 is 15.9 Å². The second-order valence-corrected chi connectivity index (χ2v) is 5.69. The number of hydrogen-bond donors (Lipinski definition) is 1. The van der Waals surface area contributed by atoms with Gasteiger partial charge in [-0.15, -0.1) is 0 Å². The summed E-state index contributed by atoms with van der Waals surface area (Å²) in [7, 11) is 0. The first-order chi connectivity index (χ1) is 9.01. The maximum Gasteiger partial charge on any atom is 0.0856 e. The van der Waals surface area contributed by atoms with Gasteiger partial charge in [-0.25, -0.2) is 0 Å². The van der Waals surface area contributed by atoms with Gasteiger partial charge >= 0.3 is 0 Å². The Morgan fingerprint density at radius 2 is 2.05 bits per heavy atom. The molecule has 0 fully saturated rings. The van der Waals surface area contributed by atoms with Gasteiger partial charge in [-0.3, -0.25) is 4.68 Å². The Labute approximate surface area is 122 Å². The molecule has 0 spiro atoms. The van der Waals surface area contributed by atoms with Crippen molar-refractivity contribution in [2.24, 2.45) is 0 Å². The number of aryl methyl sites for hydroxylation is 3. The van der Waals surface area contributed by atoms with Crippen molar-refractivity contribution in [1.29, 1.82) is 0 Å². The summed E-state index contributed by atoms with van der Waals surface area (Å²) in [6, 6.07) is 8.07. The Bertz CT molecular complexity index is 578. The fourth-order valence-corrected chi connectivity index (χ4v) is 2.77. The van der Waals surface area contributed by atoms with Gasteiger partial charge in [0.05, 0.1) is 11.8 Å². The van der Waals surface area contributed by atoms with E-state index >= 15 is 0 Å². The molecule has 0 aliphatic carbocycles. The molecule has 0 saturated heterocycles. The molecular weight excluding hydrogens is 304 g/mol. The summed E-state index contributed by atoms with van der Waals surface area (Å²) >= 11 is 3.50. The summed E-state index contributed by atoms with van der Waals surface area (Å²) in [4.78, 5) is 0. The molecule has 0 radical (unpaired) electrons. The minimum Gasteiger partial charge on any atom is -0.388 e. The van der Waals surface area contributed by atoms with Gasteiger partial charge in [-0.2, -0.15) is 5.10 Å². The number of nitrogens with zero attached hydrogens (tertiary/aromatic N) is 2. The topological polar surface area (TPSA) is 38.0 Å². The van der Waals surface area contributed by atoms with Crippen LogP contribution in [-0.2, 0) is 13.0 Å². The van der Waals surface area contributed by atoms with Crippen LogP contribution in [0.25, 0.3) is 0 Å². The third-order valence-electron chi connectivity index (χ3n) is 3.20. The van der Waals surface area contributed by atoms with Crippen LogP contribution in [0.3, 0.4) is 0 Å². The molecule has 102 valence electrons. The standard InChI is InChI=1S/C15H19BrN2O/c1-4-18-12(8-11(3)17-18)9-15(19)13-7-10(2)5-6-14(13)16/h5-8,15,19H,4,9H2,1-3H3. The van der Waals surface area contributed by atoms with Crippen LogP contribution in [-0.4, -0.2) is 14.9 Å². The molecule has 1 aromatic heterocycles. The summed E-state index contributed by atoms with van der Waals surface area (Å²) in [5, 5.41) is 14.8. The van der Waals surface area contributed by atoms with Crippen LogP contribution < -0.4 is 0 Å². The van der Waals surface area contributed by atoms with Gasteiger partial charge in [0, 0.05) is 23.1 Å². The Hall–Kier alpha value is -1.13. The summed E-state index contributed by atoms with van der Waals surface area (Å²) in [5.74, 6) is 0. The SMILES string of the molecule is CCn1nc(C)cc1CC(O)c1cc(C)ccc1Br. The highest BCUT2D eigenvalue weighted by Gasteiger charge is 2.15. The smallest absolute Gasteiger partial charge is 0.0856 e. The zero-order chi connectivity index (χ0) is 14.0. The molecule has 2 aromatic rings. The van der Waals surface area contributed by atoms with Crippen molar-refractivity contribution >= 4 is 15.9 Å². The first-order valence-electron chi connectivity index (χ1n) is 6.48. The number of benzene rings is 1. The van der Waals surface area contributed by atoms with Crippen molar-refractivity contribution in [1.82, 2.24) is 9.78 Å². The summed E-state index contributed by atoms with van der Waals surface area (Å²) in [5.41, 5.74) is 4.15. The number of aliphatic hydroxyl groups is 1. The molecule has 4 heteroatoms. The molecule has 1 atom stereocenters. The van der Waals surface area contributed by atoms with E-state index < -0.39 is 6.10 Å². The monoisotopic (exact) mass is 322 g/mol. The minimum absolute atomic E-state index is 0.518. The number of hydrogen-bond acceptors (Lipinski definition) is 2. The van der Waals surface area contributed by atoms with Gasteiger partial charge in [0.15, 0.2) is 0 Å². The van der Waals surface area contributed by atoms with Gasteiger partial charge in [-0.05, 0) is 38.5 Å². The third kappa shape index (κ3) is 3.25. The van der Waals surface area contributed by atoms with Crippen molar-refractivity contribution in [2.45, 2.75) is 39.8 Å². The van der Waals surface area contributed by atoms with E-state index in [2.05, 4.69) is 28.0 Å². The average Bonchev–Trinajstić information content (AvgIpc) is 2.72. The fraction of sp³-hybridized carbons (Fsp3) is 0.400. The van der Waals surface area contributed by atoms with E-state index in [-0.39, 0.29) is 0 Å². The lowest BCUT2D eigenvalue weighted by molar-refractivity contribution is 0.174.